The van der Waals surface area contributed by atoms with Crippen LogP contribution in [0.2, 0.25) is 0 Å². The first-order chi connectivity index (χ1) is 11.4. The Morgan fingerprint density at radius 2 is 2.12 bits per heavy atom. The minimum absolute atomic E-state index is 0.0553. The number of hydrogen-bond donors (Lipinski definition) is 0. The second-order valence-corrected chi connectivity index (χ2v) is 6.28. The molecule has 130 valence electrons. The summed E-state index contributed by atoms with van der Waals surface area (Å²) in [6.07, 6.45) is 0.257. The van der Waals surface area contributed by atoms with Gasteiger partial charge in [0.05, 0.1) is 24.4 Å². The molecule has 0 N–H and O–H groups in total. The minimum Gasteiger partial charge on any atom is -0.459 e. The van der Waals surface area contributed by atoms with Crippen LogP contribution in [0.3, 0.4) is 0 Å². The molecular formula is C16H22N4O3S. The number of amides is 1. The smallest absolute Gasteiger partial charge is 0.308 e. The summed E-state index contributed by atoms with van der Waals surface area (Å²) in [5.41, 5.74) is 2.60. The number of hydrogen-bond acceptors (Lipinski definition) is 6. The minimum atomic E-state index is -0.295. The highest BCUT2D eigenvalue weighted by atomic mass is 32.1. The molecule has 0 saturated carbocycles. The van der Waals surface area contributed by atoms with Gasteiger partial charge in [0.25, 0.3) is 0 Å². The lowest BCUT2D eigenvalue weighted by atomic mass is 10.4. The summed E-state index contributed by atoms with van der Waals surface area (Å²) < 4.78 is 7.04. The number of ether oxygens (including phenoxy) is 1. The topological polar surface area (TPSA) is 77.3 Å². The van der Waals surface area contributed by atoms with Crippen molar-refractivity contribution in [3.8, 4) is 0 Å². The quantitative estimate of drug-likeness (QED) is 0.717. The zero-order valence-electron chi connectivity index (χ0n) is 14.4. The Kier molecular flexibility index (Phi) is 6.08. The summed E-state index contributed by atoms with van der Waals surface area (Å²) in [6, 6.07) is 1.97. The van der Waals surface area contributed by atoms with Gasteiger partial charge in [-0.1, -0.05) is 0 Å². The molecule has 2 rings (SSSR count). The lowest BCUT2D eigenvalue weighted by Gasteiger charge is -2.14. The second-order valence-electron chi connectivity index (χ2n) is 5.45. The first kappa shape index (κ1) is 18.1. The average Bonchev–Trinajstić information content (AvgIpc) is 3.10. The summed E-state index contributed by atoms with van der Waals surface area (Å²) in [6.45, 7) is 8.44. The van der Waals surface area contributed by atoms with Crippen LogP contribution in [0.1, 0.15) is 37.4 Å². The second kappa shape index (κ2) is 8.05. The maximum atomic E-state index is 11.9. The van der Waals surface area contributed by atoms with E-state index in [9.17, 15) is 9.59 Å². The zero-order valence-corrected chi connectivity index (χ0v) is 15.2. The van der Waals surface area contributed by atoms with Gasteiger partial charge in [-0.3, -0.25) is 19.2 Å². The zero-order chi connectivity index (χ0) is 17.7. The highest BCUT2D eigenvalue weighted by molar-refractivity contribution is 7.14. The van der Waals surface area contributed by atoms with Crippen molar-refractivity contribution < 1.29 is 14.3 Å². The fourth-order valence-corrected chi connectivity index (χ4v) is 3.22. The van der Waals surface area contributed by atoms with E-state index in [-0.39, 0.29) is 24.9 Å². The average molecular weight is 350 g/mol. The lowest BCUT2D eigenvalue weighted by Crippen LogP contribution is -2.27. The third-order valence-corrected chi connectivity index (χ3v) is 4.39. The molecule has 0 fully saturated rings. The van der Waals surface area contributed by atoms with Gasteiger partial charge in [0.1, 0.15) is 6.61 Å². The number of rotatable bonds is 7. The van der Waals surface area contributed by atoms with Gasteiger partial charge in [-0.05, 0) is 26.8 Å². The molecule has 8 heteroatoms. The van der Waals surface area contributed by atoms with Crippen LogP contribution in [0.5, 0.6) is 0 Å². The van der Waals surface area contributed by atoms with Crippen LogP contribution in [0.25, 0.3) is 0 Å². The van der Waals surface area contributed by atoms with Gasteiger partial charge < -0.3 is 4.74 Å². The van der Waals surface area contributed by atoms with Crippen LogP contribution in [-0.2, 0) is 27.5 Å². The van der Waals surface area contributed by atoms with Crippen molar-refractivity contribution in [3.63, 3.8) is 0 Å². The van der Waals surface area contributed by atoms with Crippen molar-refractivity contribution >= 4 is 28.3 Å². The van der Waals surface area contributed by atoms with Gasteiger partial charge in [-0.15, -0.1) is 11.3 Å². The van der Waals surface area contributed by atoms with Crippen LogP contribution in [0.4, 0.5) is 5.13 Å². The van der Waals surface area contributed by atoms with E-state index in [4.69, 9.17) is 4.74 Å². The van der Waals surface area contributed by atoms with Crippen LogP contribution in [-0.4, -0.2) is 33.2 Å². The Morgan fingerprint density at radius 1 is 1.38 bits per heavy atom. The van der Waals surface area contributed by atoms with Gasteiger partial charge in [0.2, 0.25) is 5.91 Å². The molecule has 0 saturated heterocycles. The van der Waals surface area contributed by atoms with E-state index in [1.165, 1.54) is 18.3 Å². The normalized spacial score (nSPS) is 10.7. The number of carbonyl (C=O) groups excluding carboxylic acids is 2. The summed E-state index contributed by atoms with van der Waals surface area (Å²) in [5, 5.41) is 6.73. The number of aromatic nitrogens is 3. The molecule has 7 nitrogen and oxygen atoms in total. The predicted octanol–water partition coefficient (Wildman–Crippen LogP) is 2.46. The van der Waals surface area contributed by atoms with Gasteiger partial charge >= 0.3 is 5.97 Å². The lowest BCUT2D eigenvalue weighted by molar-refractivity contribution is -0.145. The Labute approximate surface area is 145 Å². The molecular weight excluding hydrogens is 328 g/mol. The van der Waals surface area contributed by atoms with Crippen molar-refractivity contribution in [1.29, 1.82) is 0 Å². The highest BCUT2D eigenvalue weighted by Crippen LogP contribution is 2.21. The van der Waals surface area contributed by atoms with E-state index in [0.717, 1.165) is 11.4 Å². The summed E-state index contributed by atoms with van der Waals surface area (Å²) in [4.78, 5) is 29.3. The standard InChI is InChI=1S/C16H22N4O3S/c1-5-19(13(4)21)16-17-14(10-24-16)9-23-15(22)6-7-20-12(3)8-11(2)18-20/h8,10H,5-7,9H2,1-4H3. The van der Waals surface area contributed by atoms with E-state index in [1.54, 1.807) is 15.0 Å². The monoisotopic (exact) mass is 350 g/mol. The van der Waals surface area contributed by atoms with Crippen LogP contribution in [0.15, 0.2) is 11.4 Å². The largest absolute Gasteiger partial charge is 0.459 e. The van der Waals surface area contributed by atoms with Gasteiger partial charge in [-0.25, -0.2) is 4.98 Å². The summed E-state index contributed by atoms with van der Waals surface area (Å²) in [7, 11) is 0. The number of anilines is 1. The Hall–Kier alpha value is -2.22. The van der Waals surface area contributed by atoms with E-state index >= 15 is 0 Å². The number of thiazole rings is 1. The molecule has 1 amide bonds. The fraction of sp³-hybridized carbons (Fsp3) is 0.500. The van der Waals surface area contributed by atoms with Crippen LogP contribution >= 0.6 is 11.3 Å². The molecule has 0 spiro atoms. The Bertz CT molecular complexity index is 723. The van der Waals surface area contributed by atoms with Crippen molar-refractivity contribution in [1.82, 2.24) is 14.8 Å². The molecule has 2 heterocycles. The maximum absolute atomic E-state index is 11.9. The molecule has 0 bridgehead atoms. The molecule has 0 atom stereocenters. The van der Waals surface area contributed by atoms with Gasteiger partial charge in [0, 0.05) is 24.5 Å². The van der Waals surface area contributed by atoms with Crippen LogP contribution in [0, 0.1) is 13.8 Å². The summed E-state index contributed by atoms with van der Waals surface area (Å²) in [5.74, 6) is -0.351. The van der Waals surface area contributed by atoms with Crippen molar-refractivity contribution in [2.24, 2.45) is 0 Å². The SMILES string of the molecule is CCN(C(C)=O)c1nc(COC(=O)CCn2nc(C)cc2C)cs1. The van der Waals surface area contributed by atoms with Crippen molar-refractivity contribution in [2.45, 2.75) is 47.3 Å². The molecule has 0 aromatic carbocycles. The predicted molar refractivity (Wildman–Crippen MR) is 91.9 cm³/mol. The molecule has 0 aliphatic rings. The highest BCUT2D eigenvalue weighted by Gasteiger charge is 2.14. The molecule has 0 aliphatic carbocycles. The first-order valence-electron chi connectivity index (χ1n) is 7.80. The number of nitrogens with zero attached hydrogens (tertiary/aromatic N) is 4. The van der Waals surface area contributed by atoms with Gasteiger partial charge in [-0.2, -0.15) is 5.10 Å². The molecule has 0 aliphatic heterocycles. The van der Waals surface area contributed by atoms with Crippen molar-refractivity contribution in [2.75, 3.05) is 11.4 Å². The maximum Gasteiger partial charge on any atom is 0.308 e. The molecule has 0 radical (unpaired) electrons. The summed E-state index contributed by atoms with van der Waals surface area (Å²) >= 11 is 1.37. The molecule has 2 aromatic heterocycles. The third-order valence-electron chi connectivity index (χ3n) is 3.48. The Morgan fingerprint density at radius 3 is 2.71 bits per heavy atom. The van der Waals surface area contributed by atoms with E-state index in [2.05, 4.69) is 10.1 Å². The van der Waals surface area contributed by atoms with E-state index in [0.29, 0.717) is 23.9 Å². The number of aryl methyl sites for hydroxylation is 3. The third kappa shape index (κ3) is 4.64. The first-order valence-corrected chi connectivity index (χ1v) is 8.67. The molecule has 2 aromatic rings. The fourth-order valence-electron chi connectivity index (χ4n) is 2.30. The number of carbonyl (C=O) groups is 2. The number of esters is 1. The van der Waals surface area contributed by atoms with Gasteiger partial charge in [0.15, 0.2) is 5.13 Å². The van der Waals surface area contributed by atoms with Crippen LogP contribution < -0.4 is 4.90 Å². The van der Waals surface area contributed by atoms with E-state index in [1.807, 2.05) is 26.8 Å². The van der Waals surface area contributed by atoms with E-state index < -0.39 is 0 Å². The van der Waals surface area contributed by atoms with Crippen molar-refractivity contribution in [3.05, 3.63) is 28.5 Å². The molecule has 0 unspecified atom stereocenters. The molecule has 24 heavy (non-hydrogen) atoms. The Balaban J connectivity index is 1.83.